The van der Waals surface area contributed by atoms with Gasteiger partial charge in [0.05, 0.1) is 5.75 Å². The molecule has 1 N–H and O–H groups in total. The van der Waals surface area contributed by atoms with E-state index in [-0.39, 0.29) is 17.5 Å². The molecule has 2 aromatic carbocycles. The minimum atomic E-state index is -0.337. The Hall–Kier alpha value is -1.52. The largest absolute Gasteiger partial charge is 0.325 e. The van der Waals surface area contributed by atoms with Crippen LogP contribution in [-0.4, -0.2) is 11.7 Å². The van der Waals surface area contributed by atoms with Crippen molar-refractivity contribution in [2.75, 3.05) is 11.1 Å². The zero-order valence-corrected chi connectivity index (χ0v) is 14.7. The highest BCUT2D eigenvalue weighted by atomic mass is 35.5. The van der Waals surface area contributed by atoms with Crippen LogP contribution in [0.15, 0.2) is 42.5 Å². The van der Waals surface area contributed by atoms with Crippen molar-refractivity contribution in [3.05, 3.63) is 64.4 Å². The molecule has 0 spiro atoms. The Morgan fingerprint density at radius 2 is 2.00 bits per heavy atom. The van der Waals surface area contributed by atoms with Crippen LogP contribution in [0.1, 0.15) is 30.9 Å². The van der Waals surface area contributed by atoms with Crippen molar-refractivity contribution in [2.45, 2.75) is 25.5 Å². The summed E-state index contributed by atoms with van der Waals surface area (Å²) in [6.07, 6.45) is 0. The lowest BCUT2D eigenvalue weighted by Crippen LogP contribution is -2.15. The SMILES string of the molecule is CC(C)c1ccccc1NC(=O)CSCc1ccc(Cl)cc1F. The van der Waals surface area contributed by atoms with Crippen molar-refractivity contribution in [2.24, 2.45) is 0 Å². The first-order chi connectivity index (χ1) is 11.0. The van der Waals surface area contributed by atoms with Gasteiger partial charge in [-0.25, -0.2) is 4.39 Å². The van der Waals surface area contributed by atoms with Crippen molar-refractivity contribution in [3.8, 4) is 0 Å². The predicted octanol–water partition coefficient (Wildman–Crippen LogP) is 5.47. The van der Waals surface area contributed by atoms with E-state index >= 15 is 0 Å². The lowest BCUT2D eigenvalue weighted by atomic mass is 10.0. The van der Waals surface area contributed by atoms with E-state index in [9.17, 15) is 9.18 Å². The lowest BCUT2D eigenvalue weighted by Gasteiger charge is -2.13. The second kappa shape index (κ2) is 8.37. The van der Waals surface area contributed by atoms with Crippen molar-refractivity contribution < 1.29 is 9.18 Å². The third-order valence-electron chi connectivity index (χ3n) is 3.36. The number of amides is 1. The van der Waals surface area contributed by atoms with Gasteiger partial charge < -0.3 is 5.32 Å². The average molecular weight is 352 g/mol. The summed E-state index contributed by atoms with van der Waals surface area (Å²) in [6, 6.07) is 12.4. The number of nitrogens with one attached hydrogen (secondary N) is 1. The number of thioether (sulfide) groups is 1. The molecule has 0 fully saturated rings. The number of carbonyl (C=O) groups excluding carboxylic acids is 1. The molecule has 0 saturated heterocycles. The number of benzene rings is 2. The van der Waals surface area contributed by atoms with E-state index in [1.54, 1.807) is 12.1 Å². The van der Waals surface area contributed by atoms with E-state index in [4.69, 9.17) is 11.6 Å². The molecule has 23 heavy (non-hydrogen) atoms. The molecule has 2 rings (SSSR count). The van der Waals surface area contributed by atoms with Gasteiger partial charge in [0.2, 0.25) is 5.91 Å². The fourth-order valence-corrected chi connectivity index (χ4v) is 3.17. The van der Waals surface area contributed by atoms with Crippen LogP contribution in [0.3, 0.4) is 0 Å². The molecular formula is C18H19ClFNOS. The van der Waals surface area contributed by atoms with E-state index in [0.717, 1.165) is 11.3 Å². The van der Waals surface area contributed by atoms with Gasteiger partial charge in [-0.1, -0.05) is 49.7 Å². The van der Waals surface area contributed by atoms with Gasteiger partial charge in [-0.3, -0.25) is 4.79 Å². The third-order valence-corrected chi connectivity index (χ3v) is 4.58. The first-order valence-electron chi connectivity index (χ1n) is 7.38. The highest BCUT2D eigenvalue weighted by molar-refractivity contribution is 7.99. The molecule has 0 saturated carbocycles. The summed E-state index contributed by atoms with van der Waals surface area (Å²) in [5.74, 6) is 0.617. The predicted molar refractivity (Wildman–Crippen MR) is 96.7 cm³/mol. The normalized spacial score (nSPS) is 10.8. The lowest BCUT2D eigenvalue weighted by molar-refractivity contribution is -0.113. The van der Waals surface area contributed by atoms with Crippen LogP contribution in [0.5, 0.6) is 0 Å². The zero-order chi connectivity index (χ0) is 16.8. The molecule has 0 unspecified atom stereocenters. The van der Waals surface area contributed by atoms with Crippen LogP contribution in [0, 0.1) is 5.82 Å². The van der Waals surface area contributed by atoms with Crippen LogP contribution >= 0.6 is 23.4 Å². The number of carbonyl (C=O) groups is 1. The van der Waals surface area contributed by atoms with Crippen LogP contribution in [0.4, 0.5) is 10.1 Å². The molecule has 122 valence electrons. The third kappa shape index (κ3) is 5.26. The second-order valence-corrected chi connectivity index (χ2v) is 6.94. The van der Waals surface area contributed by atoms with Gasteiger partial charge in [-0.2, -0.15) is 0 Å². The maximum atomic E-state index is 13.7. The van der Waals surface area contributed by atoms with E-state index in [2.05, 4.69) is 19.2 Å². The minimum absolute atomic E-state index is 0.0857. The Morgan fingerprint density at radius 3 is 2.70 bits per heavy atom. The quantitative estimate of drug-likeness (QED) is 0.747. The van der Waals surface area contributed by atoms with Crippen LogP contribution in [0.25, 0.3) is 0 Å². The number of anilines is 1. The Bertz CT molecular complexity index is 690. The first-order valence-corrected chi connectivity index (χ1v) is 8.91. The Labute approximate surface area is 145 Å². The number of halogens is 2. The average Bonchev–Trinajstić information content (AvgIpc) is 2.50. The smallest absolute Gasteiger partial charge is 0.234 e. The molecule has 0 atom stereocenters. The highest BCUT2D eigenvalue weighted by Crippen LogP contribution is 2.24. The number of rotatable bonds is 6. The monoisotopic (exact) mass is 351 g/mol. The van der Waals surface area contributed by atoms with Gasteiger partial charge in [0, 0.05) is 16.5 Å². The maximum absolute atomic E-state index is 13.7. The van der Waals surface area contributed by atoms with E-state index in [1.807, 2.05) is 24.3 Å². The minimum Gasteiger partial charge on any atom is -0.325 e. The van der Waals surface area contributed by atoms with Gasteiger partial charge >= 0.3 is 0 Å². The standard InChI is InChI=1S/C18H19ClFNOS/c1-12(2)15-5-3-4-6-17(15)21-18(22)11-23-10-13-7-8-14(19)9-16(13)20/h3-9,12H,10-11H2,1-2H3,(H,21,22). The van der Waals surface area contributed by atoms with Crippen molar-refractivity contribution in [3.63, 3.8) is 0 Å². The van der Waals surface area contributed by atoms with E-state index in [0.29, 0.717) is 22.3 Å². The van der Waals surface area contributed by atoms with Gasteiger partial charge in [0.15, 0.2) is 0 Å². The Kier molecular flexibility index (Phi) is 6.48. The van der Waals surface area contributed by atoms with E-state index in [1.165, 1.54) is 17.8 Å². The summed E-state index contributed by atoms with van der Waals surface area (Å²) in [6.45, 7) is 4.17. The summed E-state index contributed by atoms with van der Waals surface area (Å²) < 4.78 is 13.7. The number of para-hydroxylation sites is 1. The van der Waals surface area contributed by atoms with Crippen LogP contribution in [-0.2, 0) is 10.5 Å². The summed E-state index contributed by atoms with van der Waals surface area (Å²) in [4.78, 5) is 12.1. The summed E-state index contributed by atoms with van der Waals surface area (Å²) in [5.41, 5.74) is 2.50. The Balaban J connectivity index is 1.88. The summed E-state index contributed by atoms with van der Waals surface area (Å²) >= 11 is 7.09. The molecule has 0 aromatic heterocycles. The summed E-state index contributed by atoms with van der Waals surface area (Å²) in [5, 5.41) is 3.30. The van der Waals surface area contributed by atoms with Gasteiger partial charge in [-0.05, 0) is 35.2 Å². The topological polar surface area (TPSA) is 29.1 Å². The molecular weight excluding hydrogens is 333 g/mol. The van der Waals surface area contributed by atoms with Gasteiger partial charge in [-0.15, -0.1) is 11.8 Å². The fraction of sp³-hybridized carbons (Fsp3) is 0.278. The maximum Gasteiger partial charge on any atom is 0.234 e. The molecule has 0 heterocycles. The number of hydrogen-bond donors (Lipinski definition) is 1. The van der Waals surface area contributed by atoms with Crippen LogP contribution < -0.4 is 5.32 Å². The molecule has 0 radical (unpaired) electrons. The molecule has 1 amide bonds. The van der Waals surface area contributed by atoms with Crippen molar-refractivity contribution in [1.29, 1.82) is 0 Å². The van der Waals surface area contributed by atoms with Crippen LogP contribution in [0.2, 0.25) is 5.02 Å². The van der Waals surface area contributed by atoms with Gasteiger partial charge in [0.1, 0.15) is 5.82 Å². The fourth-order valence-electron chi connectivity index (χ4n) is 2.19. The van der Waals surface area contributed by atoms with Gasteiger partial charge in [0.25, 0.3) is 0 Å². The highest BCUT2D eigenvalue weighted by Gasteiger charge is 2.10. The molecule has 5 heteroatoms. The molecule has 0 aliphatic heterocycles. The molecule has 2 nitrogen and oxygen atoms in total. The van der Waals surface area contributed by atoms with Crippen molar-refractivity contribution >= 4 is 35.0 Å². The molecule has 0 aliphatic rings. The molecule has 2 aromatic rings. The first kappa shape index (κ1) is 17.8. The second-order valence-electron chi connectivity index (χ2n) is 5.52. The molecule has 0 bridgehead atoms. The number of hydrogen-bond acceptors (Lipinski definition) is 2. The summed E-state index contributed by atoms with van der Waals surface area (Å²) in [7, 11) is 0. The van der Waals surface area contributed by atoms with E-state index < -0.39 is 0 Å². The van der Waals surface area contributed by atoms with Crippen molar-refractivity contribution in [1.82, 2.24) is 0 Å². The Morgan fingerprint density at radius 1 is 1.26 bits per heavy atom. The zero-order valence-electron chi connectivity index (χ0n) is 13.1. The molecule has 0 aliphatic carbocycles.